The zero-order valence-corrected chi connectivity index (χ0v) is 12.6. The van der Waals surface area contributed by atoms with E-state index in [2.05, 4.69) is 33.9 Å². The van der Waals surface area contributed by atoms with Gasteiger partial charge >= 0.3 is 0 Å². The minimum absolute atomic E-state index is 0.134. The molecule has 2 rings (SSSR count). The van der Waals surface area contributed by atoms with Crippen molar-refractivity contribution in [3.63, 3.8) is 0 Å². The summed E-state index contributed by atoms with van der Waals surface area (Å²) < 4.78 is 0. The lowest BCUT2D eigenvalue weighted by molar-refractivity contribution is -0.121. The van der Waals surface area contributed by atoms with Gasteiger partial charge in [-0.1, -0.05) is 0 Å². The molecule has 0 aliphatic carbocycles. The number of nitrogens with zero attached hydrogens (tertiary/aromatic N) is 1. The summed E-state index contributed by atoms with van der Waals surface area (Å²) in [4.78, 5) is 15.6. The van der Waals surface area contributed by atoms with Crippen molar-refractivity contribution in [3.05, 3.63) is 21.9 Å². The molecule has 0 radical (unpaired) electrons. The second kappa shape index (κ2) is 7.03. The molecule has 1 unspecified atom stereocenters. The molecule has 4 nitrogen and oxygen atoms in total. The van der Waals surface area contributed by atoms with Gasteiger partial charge in [0, 0.05) is 43.5 Å². The van der Waals surface area contributed by atoms with E-state index in [1.54, 1.807) is 0 Å². The third kappa shape index (κ3) is 4.03. The Morgan fingerprint density at radius 2 is 2.42 bits per heavy atom. The summed E-state index contributed by atoms with van der Waals surface area (Å²) >= 11 is 1.86. The average Bonchev–Trinajstić information content (AvgIpc) is 2.89. The summed E-state index contributed by atoms with van der Waals surface area (Å²) in [6, 6.07) is 2.62. The van der Waals surface area contributed by atoms with Gasteiger partial charge in [-0.2, -0.15) is 0 Å². The number of hydrogen-bond donors (Lipinski definition) is 2. The highest BCUT2D eigenvalue weighted by Gasteiger charge is 2.21. The number of carbonyl (C=O) groups is 1. The fraction of sp³-hybridized carbons (Fsp3) is 0.643. The molecule has 0 saturated heterocycles. The lowest BCUT2D eigenvalue weighted by Crippen LogP contribution is -2.44. The molecule has 1 amide bonds. The Kier molecular flexibility index (Phi) is 5.36. The van der Waals surface area contributed by atoms with Crippen LogP contribution in [0, 0.1) is 0 Å². The highest BCUT2D eigenvalue weighted by atomic mass is 32.1. The van der Waals surface area contributed by atoms with Gasteiger partial charge in [0.15, 0.2) is 0 Å². The standard InChI is InChI=1S/C14H23N3OS/c1-11(9-16-14(18)3-6-15-2)17-7-4-13-12(10-17)5-8-19-13/h5,8,11,15H,3-4,6-7,9-10H2,1-2H3,(H,16,18). The van der Waals surface area contributed by atoms with Crippen molar-refractivity contribution in [1.82, 2.24) is 15.5 Å². The van der Waals surface area contributed by atoms with Crippen molar-refractivity contribution >= 4 is 17.2 Å². The molecule has 0 fully saturated rings. The van der Waals surface area contributed by atoms with Gasteiger partial charge in [0.05, 0.1) is 0 Å². The summed E-state index contributed by atoms with van der Waals surface area (Å²) in [7, 11) is 1.86. The number of fused-ring (bicyclic) bond motifs is 1. The lowest BCUT2D eigenvalue weighted by atomic mass is 10.1. The average molecular weight is 281 g/mol. The molecule has 19 heavy (non-hydrogen) atoms. The Morgan fingerprint density at radius 1 is 1.58 bits per heavy atom. The number of rotatable bonds is 6. The topological polar surface area (TPSA) is 44.4 Å². The molecule has 1 aliphatic rings. The predicted molar refractivity (Wildman–Crippen MR) is 79.4 cm³/mol. The van der Waals surface area contributed by atoms with E-state index in [4.69, 9.17) is 0 Å². The Balaban J connectivity index is 1.75. The van der Waals surface area contributed by atoms with E-state index in [9.17, 15) is 4.79 Å². The van der Waals surface area contributed by atoms with Gasteiger partial charge in [-0.05, 0) is 37.4 Å². The number of carbonyl (C=O) groups excluding carboxylic acids is 1. The number of amides is 1. The van der Waals surface area contributed by atoms with Crippen LogP contribution in [0.3, 0.4) is 0 Å². The highest BCUT2D eigenvalue weighted by Crippen LogP contribution is 2.24. The van der Waals surface area contributed by atoms with Gasteiger partial charge in [0.1, 0.15) is 0 Å². The van der Waals surface area contributed by atoms with Crippen LogP contribution in [0.5, 0.6) is 0 Å². The summed E-state index contributed by atoms with van der Waals surface area (Å²) in [6.07, 6.45) is 1.70. The molecule has 0 bridgehead atoms. The Morgan fingerprint density at radius 3 is 3.21 bits per heavy atom. The summed E-state index contributed by atoms with van der Waals surface area (Å²) in [5, 5.41) is 8.18. The van der Waals surface area contributed by atoms with Crippen molar-refractivity contribution < 1.29 is 4.79 Å². The van der Waals surface area contributed by atoms with Gasteiger partial charge in [-0.15, -0.1) is 11.3 Å². The van der Waals surface area contributed by atoms with Crippen LogP contribution in [0.15, 0.2) is 11.4 Å². The molecule has 5 heteroatoms. The zero-order valence-electron chi connectivity index (χ0n) is 11.7. The summed E-state index contributed by atoms with van der Waals surface area (Å²) in [5.41, 5.74) is 1.46. The first-order valence-corrected chi connectivity index (χ1v) is 7.79. The van der Waals surface area contributed by atoms with Gasteiger partial charge in [-0.25, -0.2) is 0 Å². The van der Waals surface area contributed by atoms with Gasteiger partial charge in [0.2, 0.25) is 5.91 Å². The van der Waals surface area contributed by atoms with Crippen molar-refractivity contribution in [3.8, 4) is 0 Å². The third-order valence-electron chi connectivity index (χ3n) is 3.66. The quantitative estimate of drug-likeness (QED) is 0.824. The Bertz CT molecular complexity index is 419. The van der Waals surface area contributed by atoms with Crippen molar-refractivity contribution in [2.45, 2.75) is 32.4 Å². The van der Waals surface area contributed by atoms with Gasteiger partial charge in [0.25, 0.3) is 0 Å². The molecule has 1 aromatic heterocycles. The highest BCUT2D eigenvalue weighted by molar-refractivity contribution is 7.10. The van der Waals surface area contributed by atoms with E-state index in [0.717, 1.165) is 32.6 Å². The number of thiophene rings is 1. The molecule has 0 saturated carbocycles. The molecular formula is C14H23N3OS. The van der Waals surface area contributed by atoms with Crippen molar-refractivity contribution in [1.29, 1.82) is 0 Å². The maximum Gasteiger partial charge on any atom is 0.221 e. The maximum absolute atomic E-state index is 11.6. The summed E-state index contributed by atoms with van der Waals surface area (Å²) in [5.74, 6) is 0.134. The maximum atomic E-state index is 11.6. The monoisotopic (exact) mass is 281 g/mol. The normalized spacial score (nSPS) is 16.9. The first kappa shape index (κ1) is 14.5. The van der Waals surface area contributed by atoms with E-state index in [0.29, 0.717) is 12.5 Å². The molecule has 2 heterocycles. The van der Waals surface area contributed by atoms with E-state index in [-0.39, 0.29) is 5.91 Å². The van der Waals surface area contributed by atoms with Gasteiger partial charge < -0.3 is 10.6 Å². The van der Waals surface area contributed by atoms with E-state index in [1.165, 1.54) is 10.4 Å². The largest absolute Gasteiger partial charge is 0.355 e. The minimum Gasteiger partial charge on any atom is -0.355 e. The molecule has 1 aromatic rings. The number of hydrogen-bond acceptors (Lipinski definition) is 4. The van der Waals surface area contributed by atoms with Gasteiger partial charge in [-0.3, -0.25) is 9.69 Å². The fourth-order valence-corrected chi connectivity index (χ4v) is 3.25. The molecular weight excluding hydrogens is 258 g/mol. The van der Waals surface area contributed by atoms with Crippen LogP contribution in [-0.2, 0) is 17.8 Å². The van der Waals surface area contributed by atoms with E-state index in [1.807, 2.05) is 18.4 Å². The zero-order chi connectivity index (χ0) is 13.7. The molecule has 2 N–H and O–H groups in total. The molecule has 0 aromatic carbocycles. The SMILES string of the molecule is CNCCC(=O)NCC(C)N1CCc2sccc2C1. The van der Waals surface area contributed by atoms with E-state index < -0.39 is 0 Å². The first-order chi connectivity index (χ1) is 9.20. The van der Waals surface area contributed by atoms with Crippen LogP contribution < -0.4 is 10.6 Å². The lowest BCUT2D eigenvalue weighted by Gasteiger charge is -2.32. The van der Waals surface area contributed by atoms with Crippen molar-refractivity contribution in [2.75, 3.05) is 26.7 Å². The molecule has 1 atom stereocenters. The molecule has 106 valence electrons. The smallest absolute Gasteiger partial charge is 0.221 e. The van der Waals surface area contributed by atoms with E-state index >= 15 is 0 Å². The number of nitrogens with one attached hydrogen (secondary N) is 2. The second-order valence-electron chi connectivity index (χ2n) is 5.10. The second-order valence-corrected chi connectivity index (χ2v) is 6.10. The fourth-order valence-electron chi connectivity index (χ4n) is 2.36. The van der Waals surface area contributed by atoms with Crippen LogP contribution in [0.2, 0.25) is 0 Å². The van der Waals surface area contributed by atoms with Crippen LogP contribution >= 0.6 is 11.3 Å². The third-order valence-corrected chi connectivity index (χ3v) is 4.68. The molecule has 1 aliphatic heterocycles. The minimum atomic E-state index is 0.134. The Labute approximate surface area is 119 Å². The molecule has 0 spiro atoms. The van der Waals surface area contributed by atoms with Crippen LogP contribution in [0.4, 0.5) is 0 Å². The van der Waals surface area contributed by atoms with Crippen LogP contribution in [0.1, 0.15) is 23.8 Å². The Hall–Kier alpha value is -0.910. The van der Waals surface area contributed by atoms with Crippen LogP contribution in [0.25, 0.3) is 0 Å². The first-order valence-electron chi connectivity index (χ1n) is 6.91. The van der Waals surface area contributed by atoms with Crippen molar-refractivity contribution in [2.24, 2.45) is 0 Å². The summed E-state index contributed by atoms with van der Waals surface area (Å²) in [6.45, 7) is 5.79. The predicted octanol–water partition coefficient (Wildman–Crippen LogP) is 1.22. The van der Waals surface area contributed by atoms with Crippen LogP contribution in [-0.4, -0.2) is 43.5 Å².